The van der Waals surface area contributed by atoms with Gasteiger partial charge < -0.3 is 10.4 Å². The molecule has 1 aromatic heterocycles. The molecule has 3 rings (SSSR count). The van der Waals surface area contributed by atoms with Gasteiger partial charge in [0.05, 0.1) is 11.7 Å². The third-order valence-electron chi connectivity index (χ3n) is 4.50. The smallest absolute Gasteiger partial charge is 0.256 e. The van der Waals surface area contributed by atoms with Crippen LogP contribution < -0.4 is 5.32 Å². The van der Waals surface area contributed by atoms with Crippen LogP contribution in [0.5, 0.6) is 0 Å². The topological polar surface area (TPSA) is 52.6 Å². The van der Waals surface area contributed by atoms with Crippen LogP contribution in [0, 0.1) is 13.8 Å². The first kappa shape index (κ1) is 17.1. The van der Waals surface area contributed by atoms with Crippen LogP contribution in [0.3, 0.4) is 0 Å². The van der Waals surface area contributed by atoms with Crippen LogP contribution in [0.25, 0.3) is 0 Å². The van der Waals surface area contributed by atoms with Crippen LogP contribution in [-0.4, -0.2) is 35.1 Å². The average molecular weight is 344 g/mol. The standard InChI is InChI=1S/C19H24N2O2S/c1-13-11-17(14(2)24-13)19(23)20-18-6-4-3-5-15(18)12-21-9-7-16(22)8-10-21/h3-6,11,16,22H,7-10,12H2,1-2H3,(H,20,23). The van der Waals surface area contributed by atoms with E-state index in [0.717, 1.165) is 59.0 Å². The fourth-order valence-electron chi connectivity index (χ4n) is 3.14. The molecular weight excluding hydrogens is 320 g/mol. The highest BCUT2D eigenvalue weighted by molar-refractivity contribution is 7.12. The second-order valence-electron chi connectivity index (χ2n) is 6.45. The summed E-state index contributed by atoms with van der Waals surface area (Å²) >= 11 is 1.65. The molecule has 0 aliphatic carbocycles. The molecule has 1 aliphatic rings. The monoisotopic (exact) mass is 344 g/mol. The maximum absolute atomic E-state index is 12.6. The molecule has 0 atom stereocenters. The Balaban J connectivity index is 1.72. The molecule has 4 nitrogen and oxygen atoms in total. The number of aryl methyl sites for hydroxylation is 2. The van der Waals surface area contributed by atoms with Gasteiger partial charge in [0.1, 0.15) is 0 Å². The van der Waals surface area contributed by atoms with Crippen molar-refractivity contribution in [2.45, 2.75) is 39.3 Å². The van der Waals surface area contributed by atoms with Gasteiger partial charge in [-0.15, -0.1) is 11.3 Å². The Bertz CT molecular complexity index is 718. The van der Waals surface area contributed by atoms with Gasteiger partial charge in [0.25, 0.3) is 5.91 Å². The maximum Gasteiger partial charge on any atom is 0.256 e. The molecule has 1 saturated heterocycles. The fourth-order valence-corrected chi connectivity index (χ4v) is 4.07. The van der Waals surface area contributed by atoms with E-state index in [1.165, 1.54) is 0 Å². The molecule has 1 aromatic carbocycles. The second-order valence-corrected chi connectivity index (χ2v) is 7.91. The number of aliphatic hydroxyl groups is 1. The van der Waals surface area contributed by atoms with E-state index in [-0.39, 0.29) is 12.0 Å². The van der Waals surface area contributed by atoms with Crippen molar-refractivity contribution in [3.63, 3.8) is 0 Å². The normalized spacial score (nSPS) is 16.3. The van der Waals surface area contributed by atoms with E-state index in [9.17, 15) is 9.90 Å². The number of hydrogen-bond donors (Lipinski definition) is 2. The summed E-state index contributed by atoms with van der Waals surface area (Å²) in [6.45, 7) is 6.59. The minimum atomic E-state index is -0.166. The highest BCUT2D eigenvalue weighted by Crippen LogP contribution is 2.24. The number of thiophene rings is 1. The summed E-state index contributed by atoms with van der Waals surface area (Å²) in [5.74, 6) is -0.0432. The van der Waals surface area contributed by atoms with Gasteiger partial charge in [0, 0.05) is 35.1 Å². The summed E-state index contributed by atoms with van der Waals surface area (Å²) in [7, 11) is 0. The number of carbonyl (C=O) groups is 1. The molecule has 2 heterocycles. The van der Waals surface area contributed by atoms with E-state index in [1.807, 2.05) is 38.1 Å². The highest BCUT2D eigenvalue weighted by atomic mass is 32.1. The third-order valence-corrected chi connectivity index (χ3v) is 5.47. The van der Waals surface area contributed by atoms with Gasteiger partial charge in [-0.2, -0.15) is 0 Å². The van der Waals surface area contributed by atoms with Crippen molar-refractivity contribution in [3.8, 4) is 0 Å². The number of rotatable bonds is 4. The summed E-state index contributed by atoms with van der Waals surface area (Å²) in [5.41, 5.74) is 2.75. The van der Waals surface area contributed by atoms with E-state index in [2.05, 4.69) is 16.3 Å². The van der Waals surface area contributed by atoms with Crippen LogP contribution in [-0.2, 0) is 6.54 Å². The SMILES string of the molecule is Cc1cc(C(=O)Nc2ccccc2CN2CCC(O)CC2)c(C)s1. The van der Waals surface area contributed by atoms with Crippen molar-refractivity contribution < 1.29 is 9.90 Å². The molecule has 0 unspecified atom stereocenters. The van der Waals surface area contributed by atoms with Gasteiger partial charge in [-0.05, 0) is 44.4 Å². The number of benzene rings is 1. The van der Waals surface area contributed by atoms with Gasteiger partial charge in [0.2, 0.25) is 0 Å². The first-order valence-electron chi connectivity index (χ1n) is 8.39. The molecule has 0 saturated carbocycles. The second kappa shape index (κ2) is 7.47. The Hall–Kier alpha value is -1.69. The van der Waals surface area contributed by atoms with E-state index >= 15 is 0 Å². The Morgan fingerprint density at radius 1 is 1.29 bits per heavy atom. The zero-order chi connectivity index (χ0) is 17.1. The van der Waals surface area contributed by atoms with Crippen molar-refractivity contribution in [1.29, 1.82) is 0 Å². The molecule has 1 aliphatic heterocycles. The van der Waals surface area contributed by atoms with Crippen LogP contribution in [0.4, 0.5) is 5.69 Å². The van der Waals surface area contributed by atoms with Crippen LogP contribution >= 0.6 is 11.3 Å². The number of likely N-dealkylation sites (tertiary alicyclic amines) is 1. The summed E-state index contributed by atoms with van der Waals surface area (Å²) in [6, 6.07) is 9.92. The Kier molecular flexibility index (Phi) is 5.33. The van der Waals surface area contributed by atoms with E-state index in [4.69, 9.17) is 0 Å². The molecule has 2 N–H and O–H groups in total. The molecule has 1 fully saturated rings. The molecule has 24 heavy (non-hydrogen) atoms. The summed E-state index contributed by atoms with van der Waals surface area (Å²) in [6.07, 6.45) is 1.48. The van der Waals surface area contributed by atoms with E-state index in [0.29, 0.717) is 0 Å². The molecule has 0 bridgehead atoms. The molecule has 0 spiro atoms. The van der Waals surface area contributed by atoms with Crippen LogP contribution in [0.1, 0.15) is 38.5 Å². The predicted molar refractivity (Wildman–Crippen MR) is 98.7 cm³/mol. The van der Waals surface area contributed by atoms with E-state index < -0.39 is 0 Å². The minimum Gasteiger partial charge on any atom is -0.393 e. The minimum absolute atomic E-state index is 0.0432. The number of nitrogens with zero attached hydrogens (tertiary/aromatic N) is 1. The van der Waals surface area contributed by atoms with Crippen LogP contribution in [0.2, 0.25) is 0 Å². The quantitative estimate of drug-likeness (QED) is 0.891. The van der Waals surface area contributed by atoms with Gasteiger partial charge in [0.15, 0.2) is 0 Å². The molecular formula is C19H24N2O2S. The average Bonchev–Trinajstić information content (AvgIpc) is 2.90. The van der Waals surface area contributed by atoms with Crippen molar-refractivity contribution in [1.82, 2.24) is 4.90 Å². The third kappa shape index (κ3) is 4.04. The van der Waals surface area contributed by atoms with Crippen molar-refractivity contribution in [2.75, 3.05) is 18.4 Å². The number of aliphatic hydroxyl groups excluding tert-OH is 1. The van der Waals surface area contributed by atoms with Gasteiger partial charge in [-0.25, -0.2) is 0 Å². The molecule has 5 heteroatoms. The zero-order valence-electron chi connectivity index (χ0n) is 14.2. The summed E-state index contributed by atoms with van der Waals surface area (Å²) in [4.78, 5) is 17.1. The van der Waals surface area contributed by atoms with Crippen molar-refractivity contribution in [2.24, 2.45) is 0 Å². The van der Waals surface area contributed by atoms with Gasteiger partial charge in [-0.1, -0.05) is 18.2 Å². The lowest BCUT2D eigenvalue weighted by Crippen LogP contribution is -2.35. The van der Waals surface area contributed by atoms with Crippen molar-refractivity contribution >= 4 is 22.9 Å². The maximum atomic E-state index is 12.6. The largest absolute Gasteiger partial charge is 0.393 e. The van der Waals surface area contributed by atoms with Gasteiger partial charge in [-0.3, -0.25) is 9.69 Å². The lowest BCUT2D eigenvalue weighted by atomic mass is 10.1. The number of piperidine rings is 1. The number of carbonyl (C=O) groups excluding carboxylic acids is 1. The fraction of sp³-hybridized carbons (Fsp3) is 0.421. The number of anilines is 1. The molecule has 1 amide bonds. The number of hydrogen-bond acceptors (Lipinski definition) is 4. The summed E-state index contributed by atoms with van der Waals surface area (Å²) in [5, 5.41) is 12.7. The lowest BCUT2D eigenvalue weighted by Gasteiger charge is -2.30. The van der Waals surface area contributed by atoms with E-state index in [1.54, 1.807) is 11.3 Å². The molecule has 128 valence electrons. The first-order chi connectivity index (χ1) is 11.5. The van der Waals surface area contributed by atoms with Crippen LogP contribution in [0.15, 0.2) is 30.3 Å². The number of para-hydroxylation sites is 1. The molecule has 2 aromatic rings. The molecule has 0 radical (unpaired) electrons. The van der Waals surface area contributed by atoms with Crippen molar-refractivity contribution in [3.05, 3.63) is 51.2 Å². The summed E-state index contributed by atoms with van der Waals surface area (Å²) < 4.78 is 0. The lowest BCUT2D eigenvalue weighted by molar-refractivity contribution is 0.0793. The zero-order valence-corrected chi connectivity index (χ0v) is 15.0. The number of nitrogens with one attached hydrogen (secondary N) is 1. The first-order valence-corrected chi connectivity index (χ1v) is 9.21. The Morgan fingerprint density at radius 2 is 2.00 bits per heavy atom. The number of amides is 1. The highest BCUT2D eigenvalue weighted by Gasteiger charge is 2.19. The Morgan fingerprint density at radius 3 is 2.67 bits per heavy atom. The Labute approximate surface area is 147 Å². The van der Waals surface area contributed by atoms with Gasteiger partial charge >= 0.3 is 0 Å². The predicted octanol–water partition coefficient (Wildman–Crippen LogP) is 3.57.